The van der Waals surface area contributed by atoms with Gasteiger partial charge >= 0.3 is 6.18 Å². The van der Waals surface area contributed by atoms with Crippen molar-refractivity contribution < 1.29 is 22.8 Å². The fraction of sp³-hybridized carbons (Fsp3) is 0.333. The Morgan fingerprint density at radius 1 is 1.12 bits per heavy atom. The lowest BCUT2D eigenvalue weighted by molar-refractivity contribution is -0.137. The Balaban J connectivity index is 0.00000181. The first-order chi connectivity index (χ1) is 23.9. The van der Waals surface area contributed by atoms with Gasteiger partial charge in [0.15, 0.2) is 0 Å². The van der Waals surface area contributed by atoms with Gasteiger partial charge in [0.25, 0.3) is 0 Å². The number of aryl methyl sites for hydroxylation is 1. The van der Waals surface area contributed by atoms with E-state index in [9.17, 15) is 22.8 Å². The van der Waals surface area contributed by atoms with Crippen LogP contribution in [0.3, 0.4) is 0 Å². The highest BCUT2D eigenvalue weighted by molar-refractivity contribution is 6.11. The highest BCUT2D eigenvalue weighted by Crippen LogP contribution is 2.43. The van der Waals surface area contributed by atoms with E-state index in [0.717, 1.165) is 22.8 Å². The van der Waals surface area contributed by atoms with Gasteiger partial charge in [-0.1, -0.05) is 30.4 Å². The van der Waals surface area contributed by atoms with Crippen LogP contribution in [0, 0.1) is 17.8 Å². The SMILES string of the molecule is C#CC.CCN(CCNc1ccc(N2C(=O)CCc3cnc4ccc(C/C=C5/C=CC=CC5=N)cc4c32)cc1C(F)(F)F)C(=O)CCN(C)C. The number of hydrogen-bond donors (Lipinski definition) is 2. The van der Waals surface area contributed by atoms with Gasteiger partial charge in [-0.3, -0.25) is 19.5 Å². The number of alkyl halides is 3. The summed E-state index contributed by atoms with van der Waals surface area (Å²) in [6, 6.07) is 9.60. The lowest BCUT2D eigenvalue weighted by Crippen LogP contribution is -2.36. The monoisotopic (exact) mass is 684 g/mol. The van der Waals surface area contributed by atoms with Crippen molar-refractivity contribution in [3.8, 4) is 12.3 Å². The maximum absolute atomic E-state index is 14.5. The summed E-state index contributed by atoms with van der Waals surface area (Å²) in [5.41, 5.74) is 3.20. The fourth-order valence-corrected chi connectivity index (χ4v) is 5.82. The van der Waals surface area contributed by atoms with Crippen LogP contribution in [0.4, 0.5) is 30.2 Å². The summed E-state index contributed by atoms with van der Waals surface area (Å²) in [5, 5.41) is 11.7. The third kappa shape index (κ3) is 9.27. The quantitative estimate of drug-likeness (QED) is 0.207. The molecule has 0 radical (unpaired) electrons. The molecular weight excluding hydrogens is 641 g/mol. The Labute approximate surface area is 291 Å². The van der Waals surface area contributed by atoms with Crippen LogP contribution in [0.25, 0.3) is 10.9 Å². The van der Waals surface area contributed by atoms with Gasteiger partial charge in [0.1, 0.15) is 0 Å². The third-order valence-electron chi connectivity index (χ3n) is 8.35. The molecule has 2 aromatic carbocycles. The Morgan fingerprint density at radius 3 is 2.54 bits per heavy atom. The Morgan fingerprint density at radius 2 is 1.86 bits per heavy atom. The Bertz CT molecular complexity index is 1870. The molecule has 1 aliphatic heterocycles. The van der Waals surface area contributed by atoms with Gasteiger partial charge < -0.3 is 20.5 Å². The number of fused-ring (bicyclic) bond motifs is 3. The smallest absolute Gasteiger partial charge is 0.383 e. The summed E-state index contributed by atoms with van der Waals surface area (Å²) in [6.45, 7) is 4.93. The number of halogens is 3. The van der Waals surface area contributed by atoms with Crippen molar-refractivity contribution in [1.29, 1.82) is 5.41 Å². The molecule has 0 saturated heterocycles. The van der Waals surface area contributed by atoms with Crippen LogP contribution >= 0.6 is 0 Å². The number of hydrogen-bond acceptors (Lipinski definition) is 6. The van der Waals surface area contributed by atoms with Gasteiger partial charge in [0, 0.05) is 62.0 Å². The standard InChI is InChI=1S/C36H39F3N6O2.C3H4/c1-4-44(33(46)17-19-43(2)3)20-18-41-32-15-13-27(22-29(32)36(37,38)39)45-34(47)16-12-26-23-42-31-14-10-24(21-28(31)35(26)45)9-11-25-7-5-6-8-30(25)40;1-3-2/h5-8,10-11,13-15,21-23,40-41H,4,9,12,16-20H2,1-3H3;1H,2H3/b25-11-,40-30?;. The molecule has 0 atom stereocenters. The zero-order valence-corrected chi connectivity index (χ0v) is 28.9. The normalized spacial score (nSPS) is 14.8. The van der Waals surface area contributed by atoms with Crippen molar-refractivity contribution in [2.75, 3.05) is 50.5 Å². The predicted molar refractivity (Wildman–Crippen MR) is 195 cm³/mol. The van der Waals surface area contributed by atoms with Crippen LogP contribution in [-0.4, -0.2) is 72.6 Å². The summed E-state index contributed by atoms with van der Waals surface area (Å²) in [7, 11) is 3.75. The predicted octanol–water partition coefficient (Wildman–Crippen LogP) is 7.33. The van der Waals surface area contributed by atoms with E-state index >= 15 is 0 Å². The molecule has 0 spiro atoms. The molecule has 3 aromatic rings. The molecule has 1 aliphatic carbocycles. The topological polar surface area (TPSA) is 92.6 Å². The molecule has 0 saturated carbocycles. The second-order valence-electron chi connectivity index (χ2n) is 12.2. The highest BCUT2D eigenvalue weighted by atomic mass is 19.4. The zero-order chi connectivity index (χ0) is 36.4. The van der Waals surface area contributed by atoms with E-state index < -0.39 is 11.7 Å². The number of anilines is 3. The molecule has 2 N–H and O–H groups in total. The maximum Gasteiger partial charge on any atom is 0.418 e. The summed E-state index contributed by atoms with van der Waals surface area (Å²) in [5.74, 6) is 1.90. The van der Waals surface area contributed by atoms with E-state index in [-0.39, 0.29) is 42.7 Å². The number of nitrogens with one attached hydrogen (secondary N) is 2. The first-order valence-electron chi connectivity index (χ1n) is 16.5. The molecule has 2 aliphatic rings. The number of likely N-dealkylation sites (N-methyl/N-ethyl adjacent to an activating group) is 1. The lowest BCUT2D eigenvalue weighted by Gasteiger charge is -2.31. The molecule has 11 heteroatoms. The molecule has 2 amide bonds. The van der Waals surface area contributed by atoms with E-state index in [1.165, 1.54) is 17.0 Å². The number of amides is 2. The molecule has 8 nitrogen and oxygen atoms in total. The molecule has 262 valence electrons. The summed E-state index contributed by atoms with van der Waals surface area (Å²) < 4.78 is 43.4. The minimum atomic E-state index is -4.69. The van der Waals surface area contributed by atoms with Crippen LogP contribution in [0.5, 0.6) is 0 Å². The molecular formula is C39H43F3N6O2. The number of pyridine rings is 1. The van der Waals surface area contributed by atoms with Gasteiger partial charge in [0.05, 0.1) is 22.5 Å². The Kier molecular flexibility index (Phi) is 12.7. The van der Waals surface area contributed by atoms with Crippen LogP contribution in [-0.2, 0) is 28.6 Å². The number of benzene rings is 2. The van der Waals surface area contributed by atoms with Crippen LogP contribution < -0.4 is 10.2 Å². The van der Waals surface area contributed by atoms with Crippen molar-refractivity contribution in [3.63, 3.8) is 0 Å². The number of terminal acetylenes is 1. The molecule has 5 rings (SSSR count). The van der Waals surface area contributed by atoms with Crippen LogP contribution in [0.15, 0.2) is 78.5 Å². The summed E-state index contributed by atoms with van der Waals surface area (Å²) in [6.07, 6.45) is 12.3. The largest absolute Gasteiger partial charge is 0.418 e. The van der Waals surface area contributed by atoms with Crippen molar-refractivity contribution >= 4 is 45.5 Å². The fourth-order valence-electron chi connectivity index (χ4n) is 5.82. The molecule has 0 bridgehead atoms. The molecule has 0 fully saturated rings. The molecule has 1 aromatic heterocycles. The average Bonchev–Trinajstić information content (AvgIpc) is 3.08. The first-order valence-corrected chi connectivity index (χ1v) is 16.5. The summed E-state index contributed by atoms with van der Waals surface area (Å²) in [4.78, 5) is 35.5. The van der Waals surface area contributed by atoms with Crippen molar-refractivity contribution in [3.05, 3.63) is 95.2 Å². The number of aromatic nitrogens is 1. The number of carbonyl (C=O) groups excluding carboxylic acids is 2. The zero-order valence-electron chi connectivity index (χ0n) is 28.9. The Hall–Kier alpha value is -5.21. The molecule has 50 heavy (non-hydrogen) atoms. The van der Waals surface area contributed by atoms with E-state index in [0.29, 0.717) is 54.7 Å². The van der Waals surface area contributed by atoms with E-state index in [1.807, 2.05) is 68.4 Å². The number of rotatable bonds is 11. The number of carbonyl (C=O) groups is 2. The van der Waals surface area contributed by atoms with Crippen molar-refractivity contribution in [1.82, 2.24) is 14.8 Å². The van der Waals surface area contributed by atoms with E-state index in [4.69, 9.17) is 5.41 Å². The molecule has 2 heterocycles. The van der Waals surface area contributed by atoms with Gasteiger partial charge in [-0.05, 0) is 93.9 Å². The van der Waals surface area contributed by atoms with Gasteiger partial charge in [-0.25, -0.2) is 0 Å². The van der Waals surface area contributed by atoms with Crippen molar-refractivity contribution in [2.45, 2.75) is 45.7 Å². The van der Waals surface area contributed by atoms with Crippen molar-refractivity contribution in [2.24, 2.45) is 0 Å². The van der Waals surface area contributed by atoms with Gasteiger partial charge in [0.2, 0.25) is 11.8 Å². The van der Waals surface area contributed by atoms with E-state index in [1.54, 1.807) is 24.1 Å². The van der Waals surface area contributed by atoms with Gasteiger partial charge in [-0.15, -0.1) is 12.3 Å². The van der Waals surface area contributed by atoms with E-state index in [2.05, 4.69) is 22.6 Å². The maximum atomic E-state index is 14.5. The second-order valence-corrected chi connectivity index (χ2v) is 12.2. The molecule has 0 unspecified atom stereocenters. The first kappa shape index (κ1) is 37.6. The minimum absolute atomic E-state index is 0.0550. The number of nitrogens with zero attached hydrogens (tertiary/aromatic N) is 4. The van der Waals surface area contributed by atoms with Crippen LogP contribution in [0.2, 0.25) is 0 Å². The number of allylic oxidation sites excluding steroid dienone is 6. The third-order valence-corrected chi connectivity index (χ3v) is 8.35. The average molecular weight is 685 g/mol. The van der Waals surface area contributed by atoms with Gasteiger partial charge in [-0.2, -0.15) is 13.2 Å². The van der Waals surface area contributed by atoms with Crippen LogP contribution in [0.1, 0.15) is 43.4 Å². The highest BCUT2D eigenvalue weighted by Gasteiger charge is 2.36. The minimum Gasteiger partial charge on any atom is -0.383 e. The second kappa shape index (κ2) is 16.9. The lowest BCUT2D eigenvalue weighted by atomic mass is 9.96. The summed E-state index contributed by atoms with van der Waals surface area (Å²) >= 11 is 0.